The van der Waals surface area contributed by atoms with Crippen LogP contribution in [0.15, 0.2) is 21.7 Å². The predicted molar refractivity (Wildman–Crippen MR) is 113 cm³/mol. The van der Waals surface area contributed by atoms with Gasteiger partial charge < -0.3 is 9.67 Å². The molecule has 0 aromatic carbocycles. The van der Waals surface area contributed by atoms with Crippen LogP contribution in [0, 0.1) is 0 Å². The maximum absolute atomic E-state index is 13.2. The van der Waals surface area contributed by atoms with Gasteiger partial charge in [0.05, 0.1) is 15.8 Å². The number of imidazole rings is 1. The molecule has 3 rings (SSSR count). The van der Waals surface area contributed by atoms with Crippen LogP contribution in [-0.2, 0) is 26.2 Å². The third kappa shape index (κ3) is 4.08. The minimum atomic E-state index is -0.575. The minimum absolute atomic E-state index is 0.239. The molecule has 3 aromatic rings. The van der Waals surface area contributed by atoms with Gasteiger partial charge in [-0.3, -0.25) is 18.7 Å². The Balaban J connectivity index is 2.23. The van der Waals surface area contributed by atoms with Crippen molar-refractivity contribution in [3.8, 4) is 0 Å². The fourth-order valence-corrected chi connectivity index (χ4v) is 4.24. The lowest BCUT2D eigenvalue weighted by molar-refractivity contribution is 0.0972. The molecule has 0 atom stereocenters. The number of aliphatic hydroxyl groups is 1. The number of halogens is 1. The van der Waals surface area contributed by atoms with E-state index in [4.69, 9.17) is 11.6 Å². The molecule has 1 N–H and O–H groups in total. The molecule has 156 valence electrons. The monoisotopic (exact) mass is 438 g/mol. The average molecular weight is 439 g/mol. The maximum atomic E-state index is 13.2. The first kappa shape index (κ1) is 21.5. The molecule has 0 aliphatic heterocycles. The smallest absolute Gasteiger partial charge is 0.333 e. The minimum Gasteiger partial charge on any atom is -0.388 e. The molecule has 0 aliphatic carbocycles. The third-order valence-electron chi connectivity index (χ3n) is 4.67. The highest BCUT2D eigenvalue weighted by molar-refractivity contribution is 7.18. The number of thiophene rings is 1. The number of hydrogen-bond acceptors (Lipinski definition) is 6. The molecule has 3 heterocycles. The Morgan fingerprint density at radius 2 is 1.90 bits per heavy atom. The average Bonchev–Trinajstić information content (AvgIpc) is 3.29. The molecule has 0 amide bonds. The predicted octanol–water partition coefficient (Wildman–Crippen LogP) is 2.66. The van der Waals surface area contributed by atoms with Gasteiger partial charge in [0, 0.05) is 13.1 Å². The largest absolute Gasteiger partial charge is 0.388 e. The van der Waals surface area contributed by atoms with Crippen molar-refractivity contribution >= 4 is 39.9 Å². The topological polar surface area (TPSA) is 99.1 Å². The summed E-state index contributed by atoms with van der Waals surface area (Å²) < 4.78 is 4.50. The van der Waals surface area contributed by atoms with Gasteiger partial charge in [0.2, 0.25) is 0 Å². The first-order chi connectivity index (χ1) is 13.9. The third-order valence-corrected chi connectivity index (χ3v) is 5.94. The number of Topliss-reactive ketones (excluding diaryl/α,β-unsaturated/α-hetero) is 1. The van der Waals surface area contributed by atoms with E-state index in [0.717, 1.165) is 35.2 Å². The normalized spacial score (nSPS) is 11.4. The number of aliphatic hydroxyl groups excluding tert-OH is 1. The van der Waals surface area contributed by atoms with E-state index in [0.29, 0.717) is 28.1 Å². The van der Waals surface area contributed by atoms with Crippen LogP contribution in [0.1, 0.15) is 48.6 Å². The number of hydrogen-bond donors (Lipinski definition) is 1. The van der Waals surface area contributed by atoms with Crippen molar-refractivity contribution in [3.05, 3.63) is 48.0 Å². The fourth-order valence-electron chi connectivity index (χ4n) is 3.26. The van der Waals surface area contributed by atoms with Gasteiger partial charge in [0.25, 0.3) is 5.56 Å². The molecular formula is C19H23ClN4O4S. The molecule has 8 nitrogen and oxygen atoms in total. The number of carbonyl (C=O) groups is 1. The second-order valence-electron chi connectivity index (χ2n) is 6.72. The highest BCUT2D eigenvalue weighted by Crippen LogP contribution is 2.22. The Hall–Kier alpha value is -2.23. The molecule has 0 unspecified atom stereocenters. The molecule has 10 heteroatoms. The van der Waals surface area contributed by atoms with Gasteiger partial charge in [-0.15, -0.1) is 11.3 Å². The van der Waals surface area contributed by atoms with Crippen LogP contribution in [0.3, 0.4) is 0 Å². The second kappa shape index (κ2) is 9.06. The van der Waals surface area contributed by atoms with Crippen molar-refractivity contribution in [3.63, 3.8) is 0 Å². The quantitative estimate of drug-likeness (QED) is 0.518. The van der Waals surface area contributed by atoms with Gasteiger partial charge in [-0.05, 0) is 25.0 Å². The van der Waals surface area contributed by atoms with Crippen LogP contribution >= 0.6 is 22.9 Å². The summed E-state index contributed by atoms with van der Waals surface area (Å²) in [6.45, 7) is 4.08. The molecule has 0 saturated carbocycles. The van der Waals surface area contributed by atoms with Gasteiger partial charge in [0.1, 0.15) is 12.4 Å². The van der Waals surface area contributed by atoms with Crippen molar-refractivity contribution in [2.45, 2.75) is 59.4 Å². The van der Waals surface area contributed by atoms with E-state index < -0.39 is 11.2 Å². The molecule has 0 bridgehead atoms. The van der Waals surface area contributed by atoms with E-state index in [2.05, 4.69) is 4.98 Å². The lowest BCUT2D eigenvalue weighted by Crippen LogP contribution is -2.42. The highest BCUT2D eigenvalue weighted by Gasteiger charge is 2.22. The summed E-state index contributed by atoms with van der Waals surface area (Å²) in [5.74, 6) is -0.0239. The van der Waals surface area contributed by atoms with Crippen LogP contribution in [-0.4, -0.2) is 29.6 Å². The Morgan fingerprint density at radius 3 is 2.48 bits per heavy atom. The molecule has 29 heavy (non-hydrogen) atoms. The van der Waals surface area contributed by atoms with Gasteiger partial charge in [0.15, 0.2) is 16.9 Å². The van der Waals surface area contributed by atoms with Crippen molar-refractivity contribution < 1.29 is 9.90 Å². The van der Waals surface area contributed by atoms with Crippen LogP contribution in [0.5, 0.6) is 0 Å². The Labute approximate surface area is 176 Å². The Morgan fingerprint density at radius 1 is 1.14 bits per heavy atom. The van der Waals surface area contributed by atoms with E-state index >= 15 is 0 Å². The van der Waals surface area contributed by atoms with E-state index in [1.807, 2.05) is 13.8 Å². The van der Waals surface area contributed by atoms with E-state index in [-0.39, 0.29) is 30.1 Å². The fraction of sp³-hybridized carbons (Fsp3) is 0.474. The molecule has 0 fully saturated rings. The highest BCUT2D eigenvalue weighted by atomic mass is 35.5. The lowest BCUT2D eigenvalue weighted by Gasteiger charge is -2.12. The molecule has 0 aliphatic rings. The summed E-state index contributed by atoms with van der Waals surface area (Å²) in [6.07, 6.45) is 2.29. The van der Waals surface area contributed by atoms with Crippen molar-refractivity contribution in [1.82, 2.24) is 18.7 Å². The van der Waals surface area contributed by atoms with Gasteiger partial charge in [-0.25, -0.2) is 9.78 Å². The number of rotatable bonds is 9. The second-order valence-corrected chi connectivity index (χ2v) is 8.43. The summed E-state index contributed by atoms with van der Waals surface area (Å²) >= 11 is 7.01. The number of nitrogens with zero attached hydrogens (tertiary/aromatic N) is 4. The van der Waals surface area contributed by atoms with E-state index in [1.165, 1.54) is 4.57 Å². The number of ketones is 1. The zero-order valence-corrected chi connectivity index (χ0v) is 17.9. The van der Waals surface area contributed by atoms with Crippen molar-refractivity contribution in [2.24, 2.45) is 0 Å². The number of aryl methyl sites for hydroxylation is 2. The zero-order valence-electron chi connectivity index (χ0n) is 16.4. The van der Waals surface area contributed by atoms with Gasteiger partial charge in [-0.2, -0.15) is 0 Å². The summed E-state index contributed by atoms with van der Waals surface area (Å²) in [4.78, 5) is 43.7. The SMILES string of the molecule is CCCCn1c(=O)n(CC(=O)c2ccc(Cl)s2)c(=O)c2c1nc(CO)n2CCC. The molecule has 0 spiro atoms. The van der Waals surface area contributed by atoms with Crippen LogP contribution in [0.25, 0.3) is 11.2 Å². The Kier molecular flexibility index (Phi) is 6.71. The molecule has 0 saturated heterocycles. The summed E-state index contributed by atoms with van der Waals surface area (Å²) in [7, 11) is 0. The Bertz CT molecular complexity index is 1160. The van der Waals surface area contributed by atoms with Gasteiger partial charge in [-0.1, -0.05) is 31.9 Å². The summed E-state index contributed by atoms with van der Waals surface area (Å²) in [5, 5.41) is 9.69. The van der Waals surface area contributed by atoms with E-state index in [1.54, 1.807) is 16.7 Å². The first-order valence-electron chi connectivity index (χ1n) is 9.55. The number of aromatic nitrogens is 4. The molecular weight excluding hydrogens is 416 g/mol. The standard InChI is InChI=1S/C19H23ClN4O4S/c1-3-5-9-23-17-16(22(8-4-2)15(11-25)21-17)18(27)24(19(23)28)10-12(26)13-6-7-14(20)29-13/h6-7,25H,3-5,8-11H2,1-2H3. The molecule has 0 radical (unpaired) electrons. The maximum Gasteiger partial charge on any atom is 0.333 e. The lowest BCUT2D eigenvalue weighted by atomic mass is 10.3. The number of unbranched alkanes of at least 4 members (excludes halogenated alkanes) is 1. The molecule has 3 aromatic heterocycles. The van der Waals surface area contributed by atoms with Crippen molar-refractivity contribution in [2.75, 3.05) is 0 Å². The summed E-state index contributed by atoms with van der Waals surface area (Å²) in [6, 6.07) is 3.19. The van der Waals surface area contributed by atoms with Crippen LogP contribution in [0.4, 0.5) is 0 Å². The van der Waals surface area contributed by atoms with Crippen LogP contribution < -0.4 is 11.2 Å². The van der Waals surface area contributed by atoms with Gasteiger partial charge >= 0.3 is 5.69 Å². The number of fused-ring (bicyclic) bond motifs is 1. The number of carbonyl (C=O) groups excluding carboxylic acids is 1. The first-order valence-corrected chi connectivity index (χ1v) is 10.7. The van der Waals surface area contributed by atoms with Crippen LogP contribution in [0.2, 0.25) is 4.34 Å². The van der Waals surface area contributed by atoms with E-state index in [9.17, 15) is 19.5 Å². The summed E-state index contributed by atoms with van der Waals surface area (Å²) in [5.41, 5.74) is -0.649. The van der Waals surface area contributed by atoms with Crippen molar-refractivity contribution in [1.29, 1.82) is 0 Å². The zero-order chi connectivity index (χ0) is 21.1.